The average Bonchev–Trinajstić information content (AvgIpc) is 2.68. The van der Waals surface area contributed by atoms with E-state index in [1.165, 1.54) is 34.9 Å². The highest BCUT2D eigenvalue weighted by Crippen LogP contribution is 2.30. The molecule has 1 aliphatic carbocycles. The molecule has 1 aromatic carbocycles. The smallest absolute Gasteiger partial charge is 0.337 e. The lowest BCUT2D eigenvalue weighted by Gasteiger charge is -2.18. The third-order valence-electron chi connectivity index (χ3n) is 4.76. The SMILES string of the molecule is O=C(O)c1ccc2nc3c(c(=O)n2c1)CCC/C3=C\c1cccc([N+](=O)[O-])c1. The van der Waals surface area contributed by atoms with E-state index in [2.05, 4.69) is 4.98 Å². The van der Waals surface area contributed by atoms with Crippen molar-refractivity contribution in [1.29, 1.82) is 0 Å². The third-order valence-corrected chi connectivity index (χ3v) is 4.76. The highest BCUT2D eigenvalue weighted by Gasteiger charge is 2.21. The Bertz CT molecular complexity index is 1230. The molecule has 0 fully saturated rings. The van der Waals surface area contributed by atoms with Gasteiger partial charge in [-0.3, -0.25) is 19.3 Å². The molecule has 1 N–H and O–H groups in total. The van der Waals surface area contributed by atoms with Crippen LogP contribution in [-0.4, -0.2) is 25.4 Å². The Morgan fingerprint density at radius 3 is 2.82 bits per heavy atom. The van der Waals surface area contributed by atoms with Gasteiger partial charge in [0.2, 0.25) is 0 Å². The third kappa shape index (κ3) is 3.05. The first kappa shape index (κ1) is 17.6. The van der Waals surface area contributed by atoms with Crippen LogP contribution in [0.1, 0.15) is 40.0 Å². The summed E-state index contributed by atoms with van der Waals surface area (Å²) in [6.07, 6.45) is 5.10. The minimum atomic E-state index is -1.11. The minimum Gasteiger partial charge on any atom is -0.478 e. The standard InChI is InChI=1S/C20H15N3O5/c24-19-16-6-2-4-13(9-12-3-1-5-15(10-12)23(27)28)18(16)21-17-8-7-14(20(25)26)11-22(17)19/h1,3,5,7-11H,2,4,6H2,(H,25,26)/b13-9+. The van der Waals surface area contributed by atoms with Crippen molar-refractivity contribution in [2.24, 2.45) is 0 Å². The van der Waals surface area contributed by atoms with E-state index in [1.54, 1.807) is 12.1 Å². The fourth-order valence-corrected chi connectivity index (χ4v) is 3.44. The van der Waals surface area contributed by atoms with Crippen molar-refractivity contribution < 1.29 is 14.8 Å². The molecule has 0 radical (unpaired) electrons. The Morgan fingerprint density at radius 1 is 1.25 bits per heavy atom. The molecule has 0 unspecified atom stereocenters. The number of rotatable bonds is 3. The number of aromatic nitrogens is 2. The number of nitro benzene ring substituents is 1. The summed E-state index contributed by atoms with van der Waals surface area (Å²) >= 11 is 0. The second kappa shape index (κ2) is 6.73. The molecule has 3 aromatic rings. The monoisotopic (exact) mass is 377 g/mol. The molecule has 0 atom stereocenters. The van der Waals surface area contributed by atoms with Crippen LogP contribution < -0.4 is 5.56 Å². The first-order valence-electron chi connectivity index (χ1n) is 8.68. The van der Waals surface area contributed by atoms with Gasteiger partial charge in [-0.2, -0.15) is 0 Å². The van der Waals surface area contributed by atoms with Crippen molar-refractivity contribution in [3.63, 3.8) is 0 Å². The van der Waals surface area contributed by atoms with E-state index in [9.17, 15) is 19.7 Å². The van der Waals surface area contributed by atoms with E-state index >= 15 is 0 Å². The largest absolute Gasteiger partial charge is 0.478 e. The number of carboxylic acids is 1. The highest BCUT2D eigenvalue weighted by molar-refractivity contribution is 5.88. The number of carbonyl (C=O) groups is 1. The number of hydrogen-bond acceptors (Lipinski definition) is 5. The zero-order chi connectivity index (χ0) is 19.8. The molecular weight excluding hydrogens is 362 g/mol. The zero-order valence-corrected chi connectivity index (χ0v) is 14.7. The van der Waals surface area contributed by atoms with Gasteiger partial charge in [0, 0.05) is 23.9 Å². The summed E-state index contributed by atoms with van der Waals surface area (Å²) in [4.78, 5) is 39.2. The van der Waals surface area contributed by atoms with Crippen LogP contribution in [0, 0.1) is 10.1 Å². The van der Waals surface area contributed by atoms with Crippen LogP contribution in [0.3, 0.4) is 0 Å². The van der Waals surface area contributed by atoms with Gasteiger partial charge in [0.05, 0.1) is 16.2 Å². The number of allylic oxidation sites excluding steroid dienone is 1. The molecule has 0 aliphatic heterocycles. The van der Waals surface area contributed by atoms with Gasteiger partial charge in [-0.1, -0.05) is 12.1 Å². The number of non-ortho nitro benzene ring substituents is 1. The van der Waals surface area contributed by atoms with Crippen LogP contribution in [0.5, 0.6) is 0 Å². The van der Waals surface area contributed by atoms with Crippen LogP contribution >= 0.6 is 0 Å². The van der Waals surface area contributed by atoms with Gasteiger partial charge >= 0.3 is 5.97 Å². The van der Waals surface area contributed by atoms with Gasteiger partial charge in [0.25, 0.3) is 11.2 Å². The molecule has 2 aromatic heterocycles. The highest BCUT2D eigenvalue weighted by atomic mass is 16.6. The molecule has 4 rings (SSSR count). The maximum Gasteiger partial charge on any atom is 0.337 e. The summed E-state index contributed by atoms with van der Waals surface area (Å²) in [7, 11) is 0. The predicted octanol–water partition coefficient (Wildman–Crippen LogP) is 3.18. The first-order chi connectivity index (χ1) is 13.4. The summed E-state index contributed by atoms with van der Waals surface area (Å²) in [6.45, 7) is 0. The maximum absolute atomic E-state index is 12.9. The Kier molecular flexibility index (Phi) is 4.23. The van der Waals surface area contributed by atoms with Gasteiger partial charge in [0.1, 0.15) is 5.65 Å². The summed E-state index contributed by atoms with van der Waals surface area (Å²) in [5.74, 6) is -1.11. The van der Waals surface area contributed by atoms with Gasteiger partial charge in [0.15, 0.2) is 0 Å². The topological polar surface area (TPSA) is 115 Å². The van der Waals surface area contributed by atoms with Crippen LogP contribution in [0.4, 0.5) is 5.69 Å². The number of nitro groups is 1. The Morgan fingerprint density at radius 2 is 2.07 bits per heavy atom. The second-order valence-corrected chi connectivity index (χ2v) is 6.57. The number of carboxylic acid groups (broad SMARTS) is 1. The predicted molar refractivity (Wildman–Crippen MR) is 102 cm³/mol. The summed E-state index contributed by atoms with van der Waals surface area (Å²) < 4.78 is 1.26. The molecule has 140 valence electrons. The molecular formula is C20H15N3O5. The van der Waals surface area contributed by atoms with Crippen molar-refractivity contribution in [2.75, 3.05) is 0 Å². The van der Waals surface area contributed by atoms with Crippen LogP contribution in [0.15, 0.2) is 47.4 Å². The van der Waals surface area contributed by atoms with E-state index in [1.807, 2.05) is 6.08 Å². The van der Waals surface area contributed by atoms with E-state index in [0.717, 1.165) is 12.0 Å². The fourth-order valence-electron chi connectivity index (χ4n) is 3.44. The number of benzene rings is 1. The summed E-state index contributed by atoms with van der Waals surface area (Å²) in [6, 6.07) is 9.20. The lowest BCUT2D eigenvalue weighted by molar-refractivity contribution is -0.384. The van der Waals surface area contributed by atoms with Crippen molar-refractivity contribution in [3.8, 4) is 0 Å². The quantitative estimate of drug-likeness (QED) is 0.554. The Balaban J connectivity index is 1.88. The summed E-state index contributed by atoms with van der Waals surface area (Å²) in [5.41, 5.74) is 2.70. The number of aromatic carboxylic acids is 1. The van der Waals surface area contributed by atoms with Crippen molar-refractivity contribution in [2.45, 2.75) is 19.3 Å². The van der Waals surface area contributed by atoms with Crippen LogP contribution in [0.25, 0.3) is 17.3 Å². The minimum absolute atomic E-state index is 0.00174. The lowest BCUT2D eigenvalue weighted by Crippen LogP contribution is -2.25. The molecule has 0 spiro atoms. The molecule has 0 saturated heterocycles. The van der Waals surface area contributed by atoms with Crippen molar-refractivity contribution in [3.05, 3.63) is 85.4 Å². The van der Waals surface area contributed by atoms with E-state index < -0.39 is 10.9 Å². The number of hydrogen-bond donors (Lipinski definition) is 1. The van der Waals surface area contributed by atoms with Crippen LogP contribution in [-0.2, 0) is 6.42 Å². The lowest BCUT2D eigenvalue weighted by atomic mass is 9.90. The van der Waals surface area contributed by atoms with Gasteiger partial charge in [-0.25, -0.2) is 9.78 Å². The summed E-state index contributed by atoms with van der Waals surface area (Å²) in [5, 5.41) is 20.1. The second-order valence-electron chi connectivity index (χ2n) is 6.57. The van der Waals surface area contributed by atoms with Crippen molar-refractivity contribution in [1.82, 2.24) is 9.38 Å². The van der Waals surface area contributed by atoms with Gasteiger partial charge in [-0.05, 0) is 48.6 Å². The average molecular weight is 377 g/mol. The molecule has 2 heterocycles. The van der Waals surface area contributed by atoms with Gasteiger partial charge in [-0.15, -0.1) is 0 Å². The molecule has 0 bridgehead atoms. The molecule has 8 nitrogen and oxygen atoms in total. The Labute approximate surface area is 158 Å². The molecule has 0 amide bonds. The van der Waals surface area contributed by atoms with Gasteiger partial charge < -0.3 is 5.11 Å². The number of fused-ring (bicyclic) bond motifs is 2. The molecule has 8 heteroatoms. The molecule has 1 aliphatic rings. The van der Waals surface area contributed by atoms with Crippen molar-refractivity contribution >= 4 is 29.0 Å². The van der Waals surface area contributed by atoms with E-state index in [0.29, 0.717) is 35.3 Å². The normalized spacial score (nSPS) is 14.8. The number of pyridine rings is 1. The van der Waals surface area contributed by atoms with E-state index in [-0.39, 0.29) is 16.8 Å². The zero-order valence-electron chi connectivity index (χ0n) is 14.7. The number of nitrogens with zero attached hydrogens (tertiary/aromatic N) is 3. The van der Waals surface area contributed by atoms with Crippen LogP contribution in [0.2, 0.25) is 0 Å². The van der Waals surface area contributed by atoms with E-state index in [4.69, 9.17) is 5.11 Å². The fraction of sp³-hybridized carbons (Fsp3) is 0.150. The first-order valence-corrected chi connectivity index (χ1v) is 8.68. The molecule has 28 heavy (non-hydrogen) atoms. The molecule has 0 saturated carbocycles. The Hall–Kier alpha value is -3.81. The maximum atomic E-state index is 12.9.